The van der Waals surface area contributed by atoms with Crippen molar-refractivity contribution in [3.8, 4) is 17.0 Å². The lowest BCUT2D eigenvalue weighted by Gasteiger charge is -2.07. The summed E-state index contributed by atoms with van der Waals surface area (Å²) < 4.78 is 0. The Morgan fingerprint density at radius 2 is 1.81 bits per heavy atom. The highest BCUT2D eigenvalue weighted by molar-refractivity contribution is 6.30. The van der Waals surface area contributed by atoms with Crippen LogP contribution in [-0.4, -0.2) is 15.1 Å². The standard InChI is InChI=1S/C16H12ClN3O/c17-12-3-1-2-11(10-12)15-8-9-18-16(20-15)19-13-4-6-14(21)7-5-13/h1-10,21H,(H,18,19,20). The molecule has 0 spiro atoms. The lowest BCUT2D eigenvalue weighted by atomic mass is 10.1. The zero-order valence-electron chi connectivity index (χ0n) is 11.0. The van der Waals surface area contributed by atoms with Crippen LogP contribution in [0.4, 0.5) is 11.6 Å². The molecule has 1 heterocycles. The maximum atomic E-state index is 9.27. The maximum absolute atomic E-state index is 9.27. The Kier molecular flexibility index (Phi) is 3.71. The molecule has 21 heavy (non-hydrogen) atoms. The number of aromatic hydroxyl groups is 1. The number of benzene rings is 2. The van der Waals surface area contributed by atoms with Crippen molar-refractivity contribution in [2.24, 2.45) is 0 Å². The van der Waals surface area contributed by atoms with Crippen LogP contribution in [0.5, 0.6) is 5.75 Å². The molecule has 0 aliphatic rings. The van der Waals surface area contributed by atoms with E-state index >= 15 is 0 Å². The molecule has 0 saturated carbocycles. The van der Waals surface area contributed by atoms with E-state index < -0.39 is 0 Å². The highest BCUT2D eigenvalue weighted by Gasteiger charge is 2.03. The number of nitrogens with one attached hydrogen (secondary N) is 1. The third-order valence-electron chi connectivity index (χ3n) is 2.90. The Morgan fingerprint density at radius 3 is 2.57 bits per heavy atom. The van der Waals surface area contributed by atoms with Gasteiger partial charge in [-0.15, -0.1) is 0 Å². The Balaban J connectivity index is 1.88. The van der Waals surface area contributed by atoms with E-state index in [1.54, 1.807) is 30.5 Å². The van der Waals surface area contributed by atoms with Crippen molar-refractivity contribution in [2.75, 3.05) is 5.32 Å². The third kappa shape index (κ3) is 3.30. The van der Waals surface area contributed by atoms with Crippen LogP contribution in [0.2, 0.25) is 5.02 Å². The molecule has 3 rings (SSSR count). The summed E-state index contributed by atoms with van der Waals surface area (Å²) in [5.41, 5.74) is 2.52. The van der Waals surface area contributed by atoms with Crippen molar-refractivity contribution in [1.29, 1.82) is 0 Å². The number of rotatable bonds is 3. The first-order valence-corrected chi connectivity index (χ1v) is 6.73. The van der Waals surface area contributed by atoms with E-state index in [4.69, 9.17) is 11.6 Å². The fourth-order valence-corrected chi connectivity index (χ4v) is 2.09. The van der Waals surface area contributed by atoms with Crippen LogP contribution in [0.1, 0.15) is 0 Å². The molecule has 0 fully saturated rings. The summed E-state index contributed by atoms with van der Waals surface area (Å²) in [7, 11) is 0. The molecular formula is C16H12ClN3O. The van der Waals surface area contributed by atoms with Crippen LogP contribution in [0, 0.1) is 0 Å². The Bertz CT molecular complexity index is 759. The smallest absolute Gasteiger partial charge is 0.227 e. The maximum Gasteiger partial charge on any atom is 0.227 e. The first kappa shape index (κ1) is 13.4. The number of phenols is 1. The van der Waals surface area contributed by atoms with Crippen LogP contribution >= 0.6 is 11.6 Å². The van der Waals surface area contributed by atoms with Crippen LogP contribution in [0.25, 0.3) is 11.3 Å². The van der Waals surface area contributed by atoms with E-state index in [9.17, 15) is 5.11 Å². The van der Waals surface area contributed by atoms with Crippen LogP contribution in [0.15, 0.2) is 60.8 Å². The molecule has 104 valence electrons. The normalized spacial score (nSPS) is 10.3. The predicted octanol–water partition coefficient (Wildman–Crippen LogP) is 4.25. The SMILES string of the molecule is Oc1ccc(Nc2nccc(-c3cccc(Cl)c3)n2)cc1. The molecule has 0 atom stereocenters. The van der Waals surface area contributed by atoms with Gasteiger partial charge in [-0.2, -0.15) is 0 Å². The monoisotopic (exact) mass is 297 g/mol. The van der Waals surface area contributed by atoms with Crippen LogP contribution < -0.4 is 5.32 Å². The fraction of sp³-hybridized carbons (Fsp3) is 0. The molecule has 0 amide bonds. The number of hydrogen-bond acceptors (Lipinski definition) is 4. The topological polar surface area (TPSA) is 58.0 Å². The zero-order valence-corrected chi connectivity index (χ0v) is 11.7. The molecule has 0 aliphatic heterocycles. The molecule has 0 unspecified atom stereocenters. The average Bonchev–Trinajstić information content (AvgIpc) is 2.50. The molecule has 0 aliphatic carbocycles. The zero-order chi connectivity index (χ0) is 14.7. The van der Waals surface area contributed by atoms with Gasteiger partial charge in [0.2, 0.25) is 5.95 Å². The lowest BCUT2D eigenvalue weighted by molar-refractivity contribution is 0.475. The van der Waals surface area contributed by atoms with Crippen molar-refractivity contribution in [3.05, 3.63) is 65.8 Å². The first-order valence-electron chi connectivity index (χ1n) is 6.36. The van der Waals surface area contributed by atoms with E-state index in [0.717, 1.165) is 16.9 Å². The van der Waals surface area contributed by atoms with Gasteiger partial charge in [0.1, 0.15) is 5.75 Å². The van der Waals surface area contributed by atoms with E-state index in [1.807, 2.05) is 30.3 Å². The molecule has 1 aromatic heterocycles. The van der Waals surface area contributed by atoms with Gasteiger partial charge in [-0.1, -0.05) is 23.7 Å². The minimum atomic E-state index is 0.217. The second-order valence-electron chi connectivity index (χ2n) is 4.45. The molecule has 0 radical (unpaired) electrons. The minimum Gasteiger partial charge on any atom is -0.508 e. The molecular weight excluding hydrogens is 286 g/mol. The molecule has 5 heteroatoms. The molecule has 2 N–H and O–H groups in total. The number of aromatic nitrogens is 2. The van der Waals surface area contributed by atoms with Gasteiger partial charge in [0, 0.05) is 22.5 Å². The molecule has 3 aromatic rings. The van der Waals surface area contributed by atoms with Gasteiger partial charge < -0.3 is 10.4 Å². The van der Waals surface area contributed by atoms with Crippen molar-refractivity contribution in [3.63, 3.8) is 0 Å². The van der Waals surface area contributed by atoms with Gasteiger partial charge >= 0.3 is 0 Å². The van der Waals surface area contributed by atoms with E-state index in [2.05, 4.69) is 15.3 Å². The van der Waals surface area contributed by atoms with E-state index in [-0.39, 0.29) is 5.75 Å². The summed E-state index contributed by atoms with van der Waals surface area (Å²) >= 11 is 6.00. The Morgan fingerprint density at radius 1 is 1.00 bits per heavy atom. The van der Waals surface area contributed by atoms with Gasteiger partial charge in [0.15, 0.2) is 0 Å². The molecule has 0 saturated heterocycles. The van der Waals surface area contributed by atoms with Crippen molar-refractivity contribution < 1.29 is 5.11 Å². The number of anilines is 2. The fourth-order valence-electron chi connectivity index (χ4n) is 1.90. The highest BCUT2D eigenvalue weighted by atomic mass is 35.5. The van der Waals surface area contributed by atoms with Crippen LogP contribution in [0.3, 0.4) is 0 Å². The summed E-state index contributed by atoms with van der Waals surface area (Å²) in [4.78, 5) is 8.65. The second kappa shape index (κ2) is 5.81. The van der Waals surface area contributed by atoms with Gasteiger partial charge in [-0.3, -0.25) is 0 Å². The van der Waals surface area contributed by atoms with Crippen LogP contribution in [-0.2, 0) is 0 Å². The largest absolute Gasteiger partial charge is 0.508 e. The Hall–Kier alpha value is -2.59. The second-order valence-corrected chi connectivity index (χ2v) is 4.88. The van der Waals surface area contributed by atoms with Gasteiger partial charge in [0.25, 0.3) is 0 Å². The average molecular weight is 298 g/mol. The summed E-state index contributed by atoms with van der Waals surface area (Å²) in [6.07, 6.45) is 1.69. The minimum absolute atomic E-state index is 0.217. The van der Waals surface area contributed by atoms with Gasteiger partial charge in [-0.25, -0.2) is 9.97 Å². The highest BCUT2D eigenvalue weighted by Crippen LogP contribution is 2.22. The third-order valence-corrected chi connectivity index (χ3v) is 3.13. The lowest BCUT2D eigenvalue weighted by Crippen LogP contribution is -1.97. The number of phenolic OH excluding ortho intramolecular Hbond substituents is 1. The number of nitrogens with zero attached hydrogens (tertiary/aromatic N) is 2. The first-order chi connectivity index (χ1) is 10.2. The van der Waals surface area contributed by atoms with Crippen molar-refractivity contribution >= 4 is 23.2 Å². The predicted molar refractivity (Wildman–Crippen MR) is 83.9 cm³/mol. The van der Waals surface area contributed by atoms with Gasteiger partial charge in [0.05, 0.1) is 5.69 Å². The molecule has 0 bridgehead atoms. The summed E-state index contributed by atoms with van der Waals surface area (Å²) in [5.74, 6) is 0.701. The Labute approximate surface area is 127 Å². The number of hydrogen-bond donors (Lipinski definition) is 2. The number of halogens is 1. The summed E-state index contributed by atoms with van der Waals surface area (Å²) in [6.45, 7) is 0. The summed E-state index contributed by atoms with van der Waals surface area (Å²) in [5, 5.41) is 13.0. The van der Waals surface area contributed by atoms with Gasteiger partial charge in [-0.05, 0) is 42.5 Å². The molecule has 2 aromatic carbocycles. The molecule has 4 nitrogen and oxygen atoms in total. The van der Waals surface area contributed by atoms with E-state index in [0.29, 0.717) is 11.0 Å². The summed E-state index contributed by atoms with van der Waals surface area (Å²) in [6, 6.07) is 16.0. The van der Waals surface area contributed by atoms with E-state index in [1.165, 1.54) is 0 Å². The quantitative estimate of drug-likeness (QED) is 0.710. The van der Waals surface area contributed by atoms with Crippen molar-refractivity contribution in [2.45, 2.75) is 0 Å². The van der Waals surface area contributed by atoms with Crippen molar-refractivity contribution in [1.82, 2.24) is 9.97 Å².